The Hall–Kier alpha value is -12.3. The van der Waals surface area contributed by atoms with E-state index in [-0.39, 0.29) is 62.2 Å². The highest BCUT2D eigenvalue weighted by atomic mass is 32.2. The lowest BCUT2D eigenvalue weighted by Crippen LogP contribution is -2.51. The van der Waals surface area contributed by atoms with Crippen LogP contribution in [-0.4, -0.2) is 218 Å². The summed E-state index contributed by atoms with van der Waals surface area (Å²) < 4.78 is 148. The van der Waals surface area contributed by atoms with Crippen LogP contribution in [0.3, 0.4) is 0 Å². The highest BCUT2D eigenvalue weighted by molar-refractivity contribution is 7.90. The molecule has 10 aliphatic rings. The summed E-state index contributed by atoms with van der Waals surface area (Å²) in [5, 5.41) is 55.0. The van der Waals surface area contributed by atoms with Crippen LogP contribution in [0.1, 0.15) is 105 Å². The maximum atomic E-state index is 12.7. The van der Waals surface area contributed by atoms with E-state index in [2.05, 4.69) is 82.4 Å². The van der Waals surface area contributed by atoms with Gasteiger partial charge in [-0.1, -0.05) is 44.5 Å². The number of likely N-dealkylation sites (tertiary alicyclic amines) is 1. The predicted molar refractivity (Wildman–Crippen MR) is 519 cm³/mol. The zero-order valence-electron chi connectivity index (χ0n) is 74.7. The van der Waals surface area contributed by atoms with E-state index < -0.39 is 75.7 Å². The van der Waals surface area contributed by atoms with E-state index in [1.54, 1.807) is 110 Å². The van der Waals surface area contributed by atoms with Crippen LogP contribution in [0.5, 0.6) is 40.2 Å². The fourth-order valence-electron chi connectivity index (χ4n) is 19.2. The number of hydrogen-bond acceptors (Lipinski definition) is 26. The van der Waals surface area contributed by atoms with Gasteiger partial charge in [0.1, 0.15) is 68.5 Å². The van der Waals surface area contributed by atoms with Crippen molar-refractivity contribution in [3.63, 3.8) is 0 Å². The summed E-state index contributed by atoms with van der Waals surface area (Å²) in [4.78, 5) is 40.1. The molecule has 0 bridgehead atoms. The molecular weight excluding hydrogens is 1820 g/mol. The monoisotopic (exact) mass is 1920 g/mol. The molecule has 700 valence electrons. The molecule has 3 saturated carbocycles. The summed E-state index contributed by atoms with van der Waals surface area (Å²) in [6.07, 6.45) is 23.9. The number of sulfonamides is 4. The van der Waals surface area contributed by atoms with Gasteiger partial charge in [0.2, 0.25) is 40.1 Å². The van der Waals surface area contributed by atoms with Gasteiger partial charge in [0.05, 0.1) is 65.6 Å². The second-order valence-electron chi connectivity index (χ2n) is 35.2. The fourth-order valence-corrected chi connectivity index (χ4v) is 24.6. The van der Waals surface area contributed by atoms with Gasteiger partial charge >= 0.3 is 35.6 Å². The van der Waals surface area contributed by atoms with Gasteiger partial charge in [0, 0.05) is 148 Å². The average Bonchev–Trinajstić information content (AvgIpc) is 1.35. The number of allylic oxidation sites excluding steroid dienone is 4. The number of fused-ring (bicyclic) bond motifs is 15. The third kappa shape index (κ3) is 18.9. The van der Waals surface area contributed by atoms with Crippen molar-refractivity contribution in [2.45, 2.75) is 111 Å². The third-order valence-electron chi connectivity index (χ3n) is 26.3. The minimum atomic E-state index is -3.61. The van der Waals surface area contributed by atoms with E-state index in [0.717, 1.165) is 142 Å². The Balaban J connectivity index is 0.000000109. The number of aromatic nitrogens is 10. The summed E-state index contributed by atoms with van der Waals surface area (Å²) in [5.74, 6) is 13.6. The number of benzene rings is 3. The van der Waals surface area contributed by atoms with Crippen molar-refractivity contribution in [1.82, 2.24) is 73.2 Å². The molecule has 5 fully saturated rings. The van der Waals surface area contributed by atoms with Crippen molar-refractivity contribution in [1.29, 1.82) is 0 Å². The lowest BCUT2D eigenvalue weighted by molar-refractivity contribution is 0.180. The van der Waals surface area contributed by atoms with Crippen molar-refractivity contribution >= 4 is 159 Å². The zero-order chi connectivity index (χ0) is 94.8. The van der Waals surface area contributed by atoms with Gasteiger partial charge < -0.3 is 87.7 Å². The van der Waals surface area contributed by atoms with Gasteiger partial charge in [-0.2, -0.15) is 0 Å². The number of aromatic amines is 5. The molecule has 10 aromatic heterocycles. The van der Waals surface area contributed by atoms with Crippen molar-refractivity contribution < 1.29 is 91.5 Å². The Morgan fingerprint density at radius 3 is 0.926 bits per heavy atom. The molecule has 2 saturated heterocycles. The Morgan fingerprint density at radius 2 is 0.662 bits per heavy atom. The Bertz CT molecular complexity index is 7200. The van der Waals surface area contributed by atoms with Crippen LogP contribution in [0.15, 0.2) is 222 Å². The Kier molecular flexibility index (Phi) is 25.9. The molecule has 35 nitrogen and oxygen atoms in total. The van der Waals surface area contributed by atoms with Crippen LogP contribution in [0.25, 0.3) is 83.0 Å². The van der Waals surface area contributed by atoms with Crippen molar-refractivity contribution in [2.24, 2.45) is 29.6 Å². The van der Waals surface area contributed by atoms with Gasteiger partial charge in [0.25, 0.3) is 0 Å². The van der Waals surface area contributed by atoms with Crippen LogP contribution < -0.4 is 46.9 Å². The zero-order valence-corrected chi connectivity index (χ0v) is 78.0. The lowest BCUT2D eigenvalue weighted by atomic mass is 9.68. The molecule has 3 aliphatic carbocycles. The van der Waals surface area contributed by atoms with Crippen LogP contribution >= 0.6 is 0 Å². The standard InChI is InChI=1S/2C20H20BN3O5S.C20H20BN3O4S.C17H20BN3O2.C15H18BN3O4S/c2*1-28-14-2-4-15(5-3-14)30(26,27)24-13-8-12(9-13)17-10-21(25)29-18-11-23-20-16(19(17)18)6-7-22-20;1-12-2-4-15(5-3-12)29(26,27)24-14-8-13(9-14)17-10-21(25)28-18-11-23-20-16(19(17)18)6-7-22-20;1-3-4-11(2)21-9-12(10-21)14-7-18(22)23-15-8-20-17-13(16(14)15)5-6-19-17;1-2-5-24(21,22)19-8-10(9-19)12-6-16(20)23-13-7-18-15-11(14(12)13)3-4-17-15/h2*2-7,10-13,24-25H,8-9H2,1H3,(H,22,23);2-7,10-11,13-14,24-25H,8-9H2,1H3,(H,22,23);5-8,12,22H,2-4,9-10H2,1H3,(H,19,20);3-4,6-7,10,20H,2,5,8-9H2,1H3,(H,17,18). The number of aryl methyl sites for hydroxylation is 1. The summed E-state index contributed by atoms with van der Waals surface area (Å²) in [6.45, 7) is 12.9. The molecule has 0 amide bonds. The summed E-state index contributed by atoms with van der Waals surface area (Å²) in [6, 6.07) is 28.7. The minimum Gasteiger partial charge on any atom is -0.531 e. The number of methoxy groups -OCH3 is 2. The van der Waals surface area contributed by atoms with E-state index >= 15 is 0 Å². The number of H-pyrrole nitrogens is 5. The van der Waals surface area contributed by atoms with Crippen LogP contribution in [0.4, 0.5) is 0 Å². The van der Waals surface area contributed by atoms with Crippen molar-refractivity contribution in [3.8, 4) is 40.2 Å². The van der Waals surface area contributed by atoms with Gasteiger partial charge in [-0.3, -0.25) is 0 Å². The predicted octanol–water partition coefficient (Wildman–Crippen LogP) is 10.3. The van der Waals surface area contributed by atoms with Gasteiger partial charge in [-0.25, -0.2) is 77.1 Å². The number of nitrogens with zero attached hydrogens (tertiary/aromatic N) is 7. The highest BCUT2D eigenvalue weighted by Gasteiger charge is 2.46. The molecule has 0 spiro atoms. The highest BCUT2D eigenvalue weighted by Crippen LogP contribution is 2.52. The van der Waals surface area contributed by atoms with Gasteiger partial charge in [-0.15, -0.1) is 0 Å². The topological polar surface area (TPSA) is 488 Å². The minimum absolute atomic E-state index is 0.0504. The number of pyridine rings is 5. The molecule has 17 heterocycles. The maximum Gasteiger partial charge on any atom is 0.552 e. The smallest absolute Gasteiger partial charge is 0.531 e. The van der Waals surface area contributed by atoms with E-state index in [9.17, 15) is 58.8 Å². The summed E-state index contributed by atoms with van der Waals surface area (Å²) >= 11 is 0. The quantitative estimate of drug-likeness (QED) is 0.0280. The Morgan fingerprint density at radius 1 is 0.397 bits per heavy atom. The first-order chi connectivity index (χ1) is 65.4. The normalized spacial score (nSPS) is 20.1. The van der Waals surface area contributed by atoms with E-state index in [0.29, 0.717) is 104 Å². The molecule has 23 rings (SSSR count). The number of rotatable bonds is 22. The van der Waals surface area contributed by atoms with Crippen LogP contribution in [0, 0.1) is 36.5 Å². The second kappa shape index (κ2) is 38.0. The first kappa shape index (κ1) is 92.8. The molecule has 136 heavy (non-hydrogen) atoms. The molecule has 13 aromatic rings. The SMILES string of the molecule is C=C(CCC)N1CC(C2=CB(O)Oc3cnc4[nH]ccc4c32)C1.CCCS(=O)(=O)N1CC(C2=CB(O)Oc3cnc4[nH]ccc4c32)C1.COc1ccc(S(=O)(=O)NC2CC(C3=CB(O)Oc4cnc5[nH]ccc5c43)C2)cc1.COc1ccc(S(=O)(=O)NC2CC(C3=CB(O)Oc4cnc5[nH]ccc5c43)C2)cc1.Cc1ccc(S(=O)(=O)NC2CC(C3=CB(O)Oc4cnc5[nH]ccc5c43)C2)cc1. The lowest BCUT2D eigenvalue weighted by Gasteiger charge is -2.44. The first-order valence-electron chi connectivity index (χ1n) is 44.9. The molecular formula is C92H98B5N15O20S4. The van der Waals surface area contributed by atoms with Gasteiger partial charge in [0.15, 0.2) is 0 Å². The first-order valence-corrected chi connectivity index (χ1v) is 51.0. The second-order valence-corrected chi connectivity index (χ2v) is 42.4. The molecule has 0 unspecified atom stereocenters. The maximum absolute atomic E-state index is 12.7. The van der Waals surface area contributed by atoms with E-state index in [1.165, 1.54) is 48.5 Å². The summed E-state index contributed by atoms with van der Waals surface area (Å²) in [5.41, 5.74) is 15.8. The molecule has 0 atom stereocenters. The number of hydrogen-bond donors (Lipinski definition) is 13. The van der Waals surface area contributed by atoms with Crippen molar-refractivity contribution in [2.75, 3.05) is 46.2 Å². The summed E-state index contributed by atoms with van der Waals surface area (Å²) in [7, 11) is -15.9. The Labute approximate surface area is 786 Å². The molecule has 3 aromatic carbocycles. The van der Waals surface area contributed by atoms with Crippen LogP contribution in [-0.2, 0) is 40.1 Å². The molecule has 0 radical (unpaired) electrons. The fraction of sp³-hybridized carbons (Fsp3) is 0.293. The van der Waals surface area contributed by atoms with Gasteiger partial charge in [-0.05, 0) is 225 Å². The van der Waals surface area contributed by atoms with Crippen LogP contribution in [0.2, 0.25) is 0 Å². The molecule has 13 N–H and O–H groups in total. The average molecular weight is 1920 g/mol. The number of nitrogens with one attached hydrogen (secondary N) is 8. The van der Waals surface area contributed by atoms with E-state index in [4.69, 9.17) is 32.7 Å². The third-order valence-corrected chi connectivity index (χ3v) is 32.9. The van der Waals surface area contributed by atoms with Crippen molar-refractivity contribution in [3.05, 3.63) is 241 Å². The number of ether oxygens (including phenoxy) is 2. The molecule has 7 aliphatic heterocycles. The largest absolute Gasteiger partial charge is 0.552 e. The van der Waals surface area contributed by atoms with E-state index in [1.807, 2.05) is 74.9 Å². The molecule has 44 heteroatoms.